The number of methoxy groups -OCH3 is 2. The third kappa shape index (κ3) is 1.62. The van der Waals surface area contributed by atoms with Gasteiger partial charge in [-0.2, -0.15) is 9.97 Å². The number of anilines is 1. The minimum absolute atomic E-state index is 0.0631. The monoisotopic (exact) mass is 301 g/mol. The number of ether oxygens (including phenoxy) is 2. The van der Waals surface area contributed by atoms with Crippen LogP contribution in [-0.4, -0.2) is 36.0 Å². The molecule has 1 aromatic rings. The maximum Gasteiger partial charge on any atom is 0.321 e. The molecular formula is C15H15N3O4. The zero-order chi connectivity index (χ0) is 15.4. The Balaban J connectivity index is 1.75. The van der Waals surface area contributed by atoms with Crippen molar-refractivity contribution in [1.82, 2.24) is 9.97 Å². The van der Waals surface area contributed by atoms with Gasteiger partial charge in [-0.3, -0.25) is 9.59 Å². The third-order valence-electron chi connectivity index (χ3n) is 4.76. The van der Waals surface area contributed by atoms with Gasteiger partial charge in [-0.15, -0.1) is 0 Å². The number of imide groups is 1. The summed E-state index contributed by atoms with van der Waals surface area (Å²) in [5.41, 5.74) is 0. The Bertz CT molecular complexity index is 650. The second-order valence-electron chi connectivity index (χ2n) is 5.77. The van der Waals surface area contributed by atoms with Gasteiger partial charge in [-0.25, -0.2) is 4.90 Å². The van der Waals surface area contributed by atoms with Gasteiger partial charge < -0.3 is 9.47 Å². The molecule has 1 aliphatic heterocycles. The van der Waals surface area contributed by atoms with E-state index in [0.717, 1.165) is 11.3 Å². The maximum atomic E-state index is 12.7. The number of allylic oxidation sites excluding steroid dienone is 2. The Kier molecular flexibility index (Phi) is 2.72. The summed E-state index contributed by atoms with van der Waals surface area (Å²) in [6.45, 7) is 0. The zero-order valence-electron chi connectivity index (χ0n) is 12.2. The summed E-state index contributed by atoms with van der Waals surface area (Å²) >= 11 is 0. The molecule has 3 aliphatic rings. The number of hydrogen-bond donors (Lipinski definition) is 0. The summed E-state index contributed by atoms with van der Waals surface area (Å²) in [5.74, 6) is -0.0783. The first-order valence-corrected chi connectivity index (χ1v) is 7.17. The van der Waals surface area contributed by atoms with Crippen molar-refractivity contribution in [2.24, 2.45) is 23.7 Å². The Labute approximate surface area is 126 Å². The van der Waals surface area contributed by atoms with Crippen LogP contribution in [0, 0.1) is 23.7 Å². The Morgan fingerprint density at radius 1 is 1.05 bits per heavy atom. The van der Waals surface area contributed by atoms with E-state index in [1.165, 1.54) is 20.3 Å². The molecule has 0 N–H and O–H groups in total. The standard InChI is InChI=1S/C15H15N3O4/c1-21-10-6-9(16-15(17-10)22-2)18-13(19)11-7-3-4-8(5-7)12(11)14(18)20/h3-4,6-8,11-12H,5H2,1-2H3/t7-,8+,11-,12+. The molecule has 0 radical (unpaired) electrons. The van der Waals surface area contributed by atoms with Gasteiger partial charge >= 0.3 is 6.01 Å². The quantitative estimate of drug-likeness (QED) is 0.607. The van der Waals surface area contributed by atoms with Crippen LogP contribution >= 0.6 is 0 Å². The highest BCUT2D eigenvalue weighted by molar-refractivity contribution is 6.22. The first kappa shape index (κ1) is 13.2. The lowest BCUT2D eigenvalue weighted by atomic mass is 9.85. The lowest BCUT2D eigenvalue weighted by molar-refractivity contribution is -0.123. The minimum atomic E-state index is -0.255. The van der Waals surface area contributed by atoms with Gasteiger partial charge in [0.1, 0.15) is 0 Å². The van der Waals surface area contributed by atoms with Gasteiger partial charge in [0, 0.05) is 6.07 Å². The van der Waals surface area contributed by atoms with Crippen LogP contribution in [0.1, 0.15) is 6.42 Å². The normalized spacial score (nSPS) is 31.8. The maximum absolute atomic E-state index is 12.7. The molecule has 2 fully saturated rings. The molecule has 4 rings (SSSR count). The van der Waals surface area contributed by atoms with Crippen LogP contribution in [-0.2, 0) is 9.59 Å². The van der Waals surface area contributed by atoms with Gasteiger partial charge in [0.15, 0.2) is 5.82 Å². The second kappa shape index (κ2) is 4.53. The number of fused-ring (bicyclic) bond motifs is 5. The summed E-state index contributed by atoms with van der Waals surface area (Å²) in [6.07, 6.45) is 5.01. The molecule has 0 unspecified atom stereocenters. The first-order chi connectivity index (χ1) is 10.6. The Morgan fingerprint density at radius 2 is 1.68 bits per heavy atom. The van der Waals surface area contributed by atoms with E-state index in [4.69, 9.17) is 9.47 Å². The predicted molar refractivity (Wildman–Crippen MR) is 75.3 cm³/mol. The molecule has 1 saturated carbocycles. The largest absolute Gasteiger partial charge is 0.481 e. The van der Waals surface area contributed by atoms with Crippen LogP contribution in [0.2, 0.25) is 0 Å². The molecule has 2 bridgehead atoms. The number of nitrogens with zero attached hydrogens (tertiary/aromatic N) is 3. The van der Waals surface area contributed by atoms with E-state index in [2.05, 4.69) is 22.1 Å². The lowest BCUT2D eigenvalue weighted by Gasteiger charge is -2.17. The average Bonchev–Trinajstić information content (AvgIpc) is 3.20. The summed E-state index contributed by atoms with van der Waals surface area (Å²) < 4.78 is 10.1. The van der Waals surface area contributed by atoms with E-state index in [0.29, 0.717) is 0 Å². The summed E-state index contributed by atoms with van der Waals surface area (Å²) in [4.78, 5) is 34.7. The summed E-state index contributed by atoms with van der Waals surface area (Å²) in [7, 11) is 2.88. The molecule has 22 heavy (non-hydrogen) atoms. The Hall–Kier alpha value is -2.44. The third-order valence-corrected chi connectivity index (χ3v) is 4.76. The summed E-state index contributed by atoms with van der Waals surface area (Å²) in [5, 5.41) is 0. The van der Waals surface area contributed by atoms with Gasteiger partial charge in [-0.05, 0) is 18.3 Å². The molecular weight excluding hydrogens is 286 g/mol. The van der Waals surface area contributed by atoms with Crippen molar-refractivity contribution in [3.63, 3.8) is 0 Å². The van der Waals surface area contributed by atoms with E-state index in [1.807, 2.05) is 0 Å². The highest BCUT2D eigenvalue weighted by atomic mass is 16.5. The molecule has 0 aromatic carbocycles. The van der Waals surface area contributed by atoms with Crippen LogP contribution in [0.25, 0.3) is 0 Å². The topological polar surface area (TPSA) is 81.6 Å². The van der Waals surface area contributed by atoms with Crippen molar-refractivity contribution in [3.8, 4) is 11.9 Å². The minimum Gasteiger partial charge on any atom is -0.481 e. The molecule has 114 valence electrons. The van der Waals surface area contributed by atoms with Gasteiger partial charge in [0.05, 0.1) is 26.1 Å². The number of hydrogen-bond acceptors (Lipinski definition) is 6. The van der Waals surface area contributed by atoms with Crippen LogP contribution in [0.4, 0.5) is 5.82 Å². The average molecular weight is 301 g/mol. The molecule has 1 saturated heterocycles. The molecule has 2 amide bonds. The van der Waals surface area contributed by atoms with Crippen molar-refractivity contribution in [1.29, 1.82) is 0 Å². The lowest BCUT2D eigenvalue weighted by Crippen LogP contribution is -2.33. The van der Waals surface area contributed by atoms with Crippen LogP contribution in [0.3, 0.4) is 0 Å². The Morgan fingerprint density at radius 3 is 2.23 bits per heavy atom. The number of rotatable bonds is 3. The molecule has 2 heterocycles. The molecule has 7 nitrogen and oxygen atoms in total. The first-order valence-electron chi connectivity index (χ1n) is 7.17. The fraction of sp³-hybridized carbons (Fsp3) is 0.467. The van der Waals surface area contributed by atoms with Gasteiger partial charge in [0.25, 0.3) is 0 Å². The fourth-order valence-corrected chi connectivity index (χ4v) is 3.83. The SMILES string of the molecule is COc1cc(N2C(=O)[C@@H]3[C@H](C2=O)[C@@H]2C=C[C@H]3C2)nc(OC)n1. The summed E-state index contributed by atoms with van der Waals surface area (Å²) in [6, 6.07) is 1.54. The van der Waals surface area contributed by atoms with E-state index in [-0.39, 0.29) is 53.2 Å². The van der Waals surface area contributed by atoms with E-state index < -0.39 is 0 Å². The van der Waals surface area contributed by atoms with Crippen LogP contribution in [0.15, 0.2) is 18.2 Å². The highest BCUT2D eigenvalue weighted by Crippen LogP contribution is 2.53. The van der Waals surface area contributed by atoms with Crippen molar-refractivity contribution >= 4 is 17.6 Å². The van der Waals surface area contributed by atoms with Crippen molar-refractivity contribution in [3.05, 3.63) is 18.2 Å². The molecule has 1 aromatic heterocycles. The van der Waals surface area contributed by atoms with Gasteiger partial charge in [0.2, 0.25) is 17.7 Å². The highest BCUT2D eigenvalue weighted by Gasteiger charge is 2.60. The fourth-order valence-electron chi connectivity index (χ4n) is 3.83. The van der Waals surface area contributed by atoms with Crippen molar-refractivity contribution < 1.29 is 19.1 Å². The number of carbonyl (C=O) groups is 2. The van der Waals surface area contributed by atoms with Crippen LogP contribution in [0.5, 0.6) is 11.9 Å². The molecule has 0 spiro atoms. The number of carbonyl (C=O) groups excluding carboxylic acids is 2. The zero-order valence-corrected chi connectivity index (χ0v) is 12.2. The molecule has 7 heteroatoms. The second-order valence-corrected chi connectivity index (χ2v) is 5.77. The predicted octanol–water partition coefficient (Wildman–Crippen LogP) is 0.805. The number of amides is 2. The van der Waals surface area contributed by atoms with Crippen molar-refractivity contribution in [2.75, 3.05) is 19.1 Å². The molecule has 2 aliphatic carbocycles. The van der Waals surface area contributed by atoms with E-state index >= 15 is 0 Å². The number of aromatic nitrogens is 2. The van der Waals surface area contributed by atoms with Crippen molar-refractivity contribution in [2.45, 2.75) is 6.42 Å². The molecule has 4 atom stereocenters. The van der Waals surface area contributed by atoms with Gasteiger partial charge in [-0.1, -0.05) is 12.2 Å². The van der Waals surface area contributed by atoms with Crippen LogP contribution < -0.4 is 14.4 Å². The van der Waals surface area contributed by atoms with E-state index in [1.54, 1.807) is 0 Å². The van der Waals surface area contributed by atoms with E-state index in [9.17, 15) is 9.59 Å². The smallest absolute Gasteiger partial charge is 0.321 e.